The molecule has 9 heteroatoms. The molecule has 4 rings (SSSR count). The van der Waals surface area contributed by atoms with E-state index in [1.165, 1.54) is 23.1 Å². The number of esters is 1. The van der Waals surface area contributed by atoms with Crippen LogP contribution in [0.15, 0.2) is 66.7 Å². The predicted octanol–water partition coefficient (Wildman–Crippen LogP) is 4.22. The van der Waals surface area contributed by atoms with E-state index >= 15 is 0 Å². The van der Waals surface area contributed by atoms with Crippen molar-refractivity contribution in [2.75, 3.05) is 11.4 Å². The summed E-state index contributed by atoms with van der Waals surface area (Å²) in [5, 5.41) is 30.4. The number of aliphatic hydroxyl groups excluding tert-OH is 1. The van der Waals surface area contributed by atoms with Crippen LogP contribution in [0.1, 0.15) is 46.9 Å². The predicted molar refractivity (Wildman–Crippen MR) is 132 cm³/mol. The first-order valence-corrected chi connectivity index (χ1v) is 11.5. The highest BCUT2D eigenvalue weighted by molar-refractivity contribution is 5.91. The first-order chi connectivity index (χ1) is 17.6. The number of carbonyl (C=O) groups is 2. The molecular weight excluding hydrogens is 479 g/mol. The molecule has 3 aromatic carbocycles. The average molecular weight is 505 g/mol. The number of fused-ring (bicyclic) bond motifs is 1. The van der Waals surface area contributed by atoms with E-state index in [4.69, 9.17) is 9.47 Å². The molecular formula is C28H25FN2O6. The van der Waals surface area contributed by atoms with Crippen molar-refractivity contribution in [1.29, 1.82) is 5.26 Å². The number of carboxylic acid groups (broad SMARTS) is 1. The fraction of sp³-hybridized carbons (Fsp3) is 0.250. The minimum absolute atomic E-state index is 0.0701. The highest BCUT2D eigenvalue weighted by atomic mass is 19.1. The summed E-state index contributed by atoms with van der Waals surface area (Å²) in [5.41, 5.74) is 0.0714. The topological polar surface area (TPSA) is 120 Å². The Hall–Kier alpha value is -4.42. The standard InChI is InChI=1S/C28H25FN2O6/c1-28(2)26(34)25(21-12-18(14-30)8-11-23(21)37-28)31(15-24(32)33)19-9-10-22(29)20(13-19)27(35)36-16-17-6-4-3-5-7-17/h3-13,25-26,34H,15-16H2,1-2H3,(H,32,33)/t25-,26+/m0/s1. The summed E-state index contributed by atoms with van der Waals surface area (Å²) in [5.74, 6) is -2.60. The van der Waals surface area contributed by atoms with Gasteiger partial charge in [-0.1, -0.05) is 30.3 Å². The van der Waals surface area contributed by atoms with Crippen LogP contribution in [0.2, 0.25) is 0 Å². The molecule has 0 saturated carbocycles. The highest BCUT2D eigenvalue weighted by Gasteiger charge is 2.46. The minimum Gasteiger partial charge on any atom is -0.485 e. The molecule has 2 N–H and O–H groups in total. The van der Waals surface area contributed by atoms with Gasteiger partial charge in [-0.25, -0.2) is 9.18 Å². The summed E-state index contributed by atoms with van der Waals surface area (Å²) < 4.78 is 25.9. The van der Waals surface area contributed by atoms with Crippen molar-refractivity contribution in [3.63, 3.8) is 0 Å². The van der Waals surface area contributed by atoms with Gasteiger partial charge in [-0.3, -0.25) is 4.79 Å². The van der Waals surface area contributed by atoms with Crippen LogP contribution in [0.3, 0.4) is 0 Å². The molecule has 0 unspecified atom stereocenters. The second-order valence-electron chi connectivity index (χ2n) is 9.21. The van der Waals surface area contributed by atoms with Crippen molar-refractivity contribution in [2.24, 2.45) is 0 Å². The summed E-state index contributed by atoms with van der Waals surface area (Å²) in [4.78, 5) is 26.0. The number of rotatable bonds is 7. The van der Waals surface area contributed by atoms with Gasteiger partial charge < -0.3 is 24.6 Å². The summed E-state index contributed by atoms with van der Waals surface area (Å²) in [6.45, 7) is 2.65. The monoisotopic (exact) mass is 504 g/mol. The average Bonchev–Trinajstić information content (AvgIpc) is 2.87. The number of benzene rings is 3. The number of nitriles is 1. The molecule has 2 atom stereocenters. The Balaban J connectivity index is 1.75. The first kappa shape index (κ1) is 25.7. The fourth-order valence-electron chi connectivity index (χ4n) is 4.32. The third-order valence-electron chi connectivity index (χ3n) is 6.20. The molecule has 0 amide bonds. The number of carbonyl (C=O) groups excluding carboxylic acids is 1. The Bertz CT molecular complexity index is 1370. The van der Waals surface area contributed by atoms with Crippen LogP contribution in [0.5, 0.6) is 5.75 Å². The van der Waals surface area contributed by atoms with Crippen molar-refractivity contribution in [2.45, 2.75) is 38.2 Å². The van der Waals surface area contributed by atoms with E-state index in [1.54, 1.807) is 50.2 Å². The lowest BCUT2D eigenvalue weighted by Crippen LogP contribution is -2.54. The summed E-state index contributed by atoms with van der Waals surface area (Å²) in [7, 11) is 0. The number of carboxylic acids is 1. The van der Waals surface area contributed by atoms with Gasteiger partial charge in [0.15, 0.2) is 0 Å². The molecule has 1 heterocycles. The van der Waals surface area contributed by atoms with Crippen molar-refractivity contribution in [1.82, 2.24) is 0 Å². The van der Waals surface area contributed by atoms with E-state index in [0.717, 1.165) is 11.6 Å². The molecule has 0 saturated heterocycles. The van der Waals surface area contributed by atoms with Gasteiger partial charge in [0.1, 0.15) is 36.4 Å². The van der Waals surface area contributed by atoms with Gasteiger partial charge in [0.05, 0.1) is 23.2 Å². The summed E-state index contributed by atoms with van der Waals surface area (Å²) in [6.07, 6.45) is -1.24. The Morgan fingerprint density at radius 1 is 1.14 bits per heavy atom. The zero-order valence-electron chi connectivity index (χ0n) is 20.2. The molecule has 8 nitrogen and oxygen atoms in total. The molecule has 0 fully saturated rings. The maximum Gasteiger partial charge on any atom is 0.341 e. The lowest BCUT2D eigenvalue weighted by atomic mass is 9.84. The SMILES string of the molecule is CC1(C)Oc2ccc(C#N)cc2[C@H](N(CC(=O)O)c2ccc(F)c(C(=O)OCc3ccccc3)c2)[C@H]1O. The number of hydrogen-bond donors (Lipinski definition) is 2. The molecule has 1 aliphatic heterocycles. The molecule has 0 aromatic heterocycles. The zero-order chi connectivity index (χ0) is 26.7. The second-order valence-corrected chi connectivity index (χ2v) is 9.21. The maximum atomic E-state index is 14.7. The zero-order valence-corrected chi connectivity index (χ0v) is 20.2. The third-order valence-corrected chi connectivity index (χ3v) is 6.20. The number of aliphatic hydroxyl groups is 1. The molecule has 0 spiro atoms. The number of halogens is 1. The summed E-state index contributed by atoms with van der Waals surface area (Å²) in [6, 6.07) is 18.2. The molecule has 190 valence electrons. The van der Waals surface area contributed by atoms with Gasteiger partial charge >= 0.3 is 11.9 Å². The Morgan fingerprint density at radius 3 is 2.54 bits per heavy atom. The Kier molecular flexibility index (Phi) is 7.14. The van der Waals surface area contributed by atoms with Crippen LogP contribution in [0, 0.1) is 17.1 Å². The normalized spacial score (nSPS) is 17.6. The minimum atomic E-state index is -1.24. The Morgan fingerprint density at radius 2 is 1.86 bits per heavy atom. The lowest BCUT2D eigenvalue weighted by molar-refractivity contribution is -0.135. The number of ether oxygens (including phenoxy) is 2. The van der Waals surface area contributed by atoms with Gasteiger partial charge in [-0.2, -0.15) is 5.26 Å². The quantitative estimate of drug-likeness (QED) is 0.459. The van der Waals surface area contributed by atoms with E-state index in [-0.39, 0.29) is 17.9 Å². The van der Waals surface area contributed by atoms with Crippen LogP contribution in [-0.4, -0.2) is 40.4 Å². The van der Waals surface area contributed by atoms with Crippen molar-refractivity contribution in [3.8, 4) is 11.8 Å². The van der Waals surface area contributed by atoms with E-state index in [1.807, 2.05) is 12.1 Å². The molecule has 37 heavy (non-hydrogen) atoms. The molecule has 0 radical (unpaired) electrons. The van der Waals surface area contributed by atoms with Gasteiger partial charge in [-0.05, 0) is 55.8 Å². The number of aliphatic carboxylic acids is 1. The second kappa shape index (κ2) is 10.3. The van der Waals surface area contributed by atoms with Crippen molar-refractivity contribution < 1.29 is 33.7 Å². The number of nitrogens with zero attached hydrogens (tertiary/aromatic N) is 2. The smallest absolute Gasteiger partial charge is 0.341 e. The van der Waals surface area contributed by atoms with Gasteiger partial charge in [0.2, 0.25) is 0 Å². The molecule has 0 aliphatic carbocycles. The summed E-state index contributed by atoms with van der Waals surface area (Å²) >= 11 is 0. The third kappa shape index (κ3) is 5.39. The van der Waals surface area contributed by atoms with Crippen LogP contribution in [-0.2, 0) is 16.1 Å². The lowest BCUT2D eigenvalue weighted by Gasteiger charge is -2.46. The fourth-order valence-corrected chi connectivity index (χ4v) is 4.32. The first-order valence-electron chi connectivity index (χ1n) is 11.5. The maximum absolute atomic E-state index is 14.7. The van der Waals surface area contributed by atoms with Crippen LogP contribution < -0.4 is 9.64 Å². The number of hydrogen-bond acceptors (Lipinski definition) is 7. The van der Waals surface area contributed by atoms with Crippen LogP contribution in [0.4, 0.5) is 10.1 Å². The molecule has 3 aromatic rings. The Labute approximate surface area is 213 Å². The van der Waals surface area contributed by atoms with E-state index < -0.39 is 42.0 Å². The largest absolute Gasteiger partial charge is 0.485 e. The van der Waals surface area contributed by atoms with Gasteiger partial charge in [-0.15, -0.1) is 0 Å². The van der Waals surface area contributed by atoms with E-state index in [0.29, 0.717) is 16.9 Å². The van der Waals surface area contributed by atoms with E-state index in [2.05, 4.69) is 0 Å². The molecule has 1 aliphatic rings. The van der Waals surface area contributed by atoms with Gasteiger partial charge in [0.25, 0.3) is 0 Å². The van der Waals surface area contributed by atoms with Gasteiger partial charge in [0, 0.05) is 11.3 Å². The molecule has 0 bridgehead atoms. The number of anilines is 1. The van der Waals surface area contributed by atoms with Crippen molar-refractivity contribution >= 4 is 17.6 Å². The van der Waals surface area contributed by atoms with Crippen LogP contribution >= 0.6 is 0 Å². The van der Waals surface area contributed by atoms with Crippen molar-refractivity contribution in [3.05, 3.63) is 94.8 Å². The van der Waals surface area contributed by atoms with E-state index in [9.17, 15) is 29.5 Å². The van der Waals surface area contributed by atoms with Crippen LogP contribution in [0.25, 0.3) is 0 Å². The highest BCUT2D eigenvalue weighted by Crippen LogP contribution is 2.44.